The minimum absolute atomic E-state index is 0.758. The molecule has 3 heteroatoms. The Labute approximate surface area is 115 Å². The summed E-state index contributed by atoms with van der Waals surface area (Å²) in [7, 11) is 0. The average molecular weight is 267 g/mol. The number of aromatic nitrogens is 2. The van der Waals surface area contributed by atoms with Gasteiger partial charge in [0.2, 0.25) is 0 Å². The van der Waals surface area contributed by atoms with Crippen molar-refractivity contribution in [1.82, 2.24) is 9.97 Å². The molecule has 0 atom stereocenters. The predicted octanol–water partition coefficient (Wildman–Crippen LogP) is 4.97. The molecule has 4 rings (SSSR count). The van der Waals surface area contributed by atoms with Crippen LogP contribution in [0.25, 0.3) is 32.9 Å². The molecule has 0 spiro atoms. The maximum atomic E-state index is 6.11. The van der Waals surface area contributed by atoms with E-state index in [2.05, 4.69) is 28.2 Å². The number of para-hydroxylation sites is 1. The zero-order chi connectivity index (χ0) is 12.8. The Morgan fingerprint density at radius 2 is 1.42 bits per heavy atom. The lowest BCUT2D eigenvalue weighted by Crippen LogP contribution is -1.73. The molecular weight excluding hydrogens is 256 g/mol. The summed E-state index contributed by atoms with van der Waals surface area (Å²) in [5, 5.41) is 3.13. The number of aromatic amines is 2. The van der Waals surface area contributed by atoms with E-state index in [-0.39, 0.29) is 0 Å². The van der Waals surface area contributed by atoms with Gasteiger partial charge in [-0.25, -0.2) is 0 Å². The standard InChI is InChI=1S/C16H11ClN2/c17-10-5-6-16-12(7-10)14(9-19-16)13-8-18-15-4-2-1-3-11(13)15/h1-9,18-19H. The first-order valence-corrected chi connectivity index (χ1v) is 6.54. The second-order valence-electron chi connectivity index (χ2n) is 4.64. The van der Waals surface area contributed by atoms with Crippen LogP contribution in [0, 0.1) is 0 Å². The first-order valence-electron chi connectivity index (χ1n) is 6.16. The van der Waals surface area contributed by atoms with Gasteiger partial charge in [0.15, 0.2) is 0 Å². The molecular formula is C16H11ClN2. The Balaban J connectivity index is 2.06. The smallest absolute Gasteiger partial charge is 0.0461 e. The lowest BCUT2D eigenvalue weighted by Gasteiger charge is -1.98. The van der Waals surface area contributed by atoms with Gasteiger partial charge in [-0.2, -0.15) is 0 Å². The van der Waals surface area contributed by atoms with Gasteiger partial charge in [0, 0.05) is 50.3 Å². The van der Waals surface area contributed by atoms with E-state index < -0.39 is 0 Å². The molecule has 92 valence electrons. The van der Waals surface area contributed by atoms with Crippen LogP contribution in [0.4, 0.5) is 0 Å². The molecule has 0 unspecified atom stereocenters. The molecule has 2 N–H and O–H groups in total. The van der Waals surface area contributed by atoms with E-state index in [0.717, 1.165) is 21.4 Å². The molecule has 0 saturated carbocycles. The van der Waals surface area contributed by atoms with Crippen LogP contribution in [0.5, 0.6) is 0 Å². The molecule has 0 radical (unpaired) electrons. The predicted molar refractivity (Wildman–Crippen MR) is 80.6 cm³/mol. The second-order valence-corrected chi connectivity index (χ2v) is 5.08. The molecule has 0 aliphatic heterocycles. The molecule has 0 bridgehead atoms. The van der Waals surface area contributed by atoms with Crippen LogP contribution in [-0.4, -0.2) is 9.97 Å². The van der Waals surface area contributed by atoms with E-state index in [4.69, 9.17) is 11.6 Å². The van der Waals surface area contributed by atoms with E-state index in [1.165, 1.54) is 16.5 Å². The molecule has 0 amide bonds. The Bertz CT molecular complexity index is 886. The number of nitrogens with one attached hydrogen (secondary N) is 2. The van der Waals surface area contributed by atoms with Crippen LogP contribution in [0.3, 0.4) is 0 Å². The summed E-state index contributed by atoms with van der Waals surface area (Å²) in [6, 6.07) is 14.2. The molecule has 19 heavy (non-hydrogen) atoms. The minimum Gasteiger partial charge on any atom is -0.361 e. The summed E-state index contributed by atoms with van der Waals surface area (Å²) in [5.41, 5.74) is 4.62. The van der Waals surface area contributed by atoms with Crippen molar-refractivity contribution >= 4 is 33.4 Å². The van der Waals surface area contributed by atoms with Crippen molar-refractivity contribution in [3.05, 3.63) is 59.9 Å². The highest BCUT2D eigenvalue weighted by atomic mass is 35.5. The first-order chi connectivity index (χ1) is 9.33. The van der Waals surface area contributed by atoms with Gasteiger partial charge in [0.25, 0.3) is 0 Å². The average Bonchev–Trinajstić information content (AvgIpc) is 3.01. The highest BCUT2D eigenvalue weighted by molar-refractivity contribution is 6.31. The van der Waals surface area contributed by atoms with Crippen molar-refractivity contribution in [2.24, 2.45) is 0 Å². The zero-order valence-electron chi connectivity index (χ0n) is 10.1. The van der Waals surface area contributed by atoms with Crippen LogP contribution in [0.1, 0.15) is 0 Å². The fourth-order valence-corrected chi connectivity index (χ4v) is 2.78. The summed E-state index contributed by atoms with van der Waals surface area (Å²) in [4.78, 5) is 6.60. The van der Waals surface area contributed by atoms with Crippen molar-refractivity contribution in [2.75, 3.05) is 0 Å². The van der Waals surface area contributed by atoms with Crippen LogP contribution < -0.4 is 0 Å². The maximum Gasteiger partial charge on any atom is 0.0461 e. The number of rotatable bonds is 1. The highest BCUT2D eigenvalue weighted by Gasteiger charge is 2.10. The van der Waals surface area contributed by atoms with Gasteiger partial charge >= 0.3 is 0 Å². The maximum absolute atomic E-state index is 6.11. The van der Waals surface area contributed by atoms with Gasteiger partial charge in [0.05, 0.1) is 0 Å². The third-order valence-electron chi connectivity index (χ3n) is 3.52. The molecule has 0 aliphatic carbocycles. The quantitative estimate of drug-likeness (QED) is 0.487. The third-order valence-corrected chi connectivity index (χ3v) is 3.76. The van der Waals surface area contributed by atoms with Crippen LogP contribution in [0.15, 0.2) is 54.9 Å². The number of fused-ring (bicyclic) bond motifs is 2. The van der Waals surface area contributed by atoms with Crippen LogP contribution in [0.2, 0.25) is 5.02 Å². The monoisotopic (exact) mass is 266 g/mol. The van der Waals surface area contributed by atoms with Crippen molar-refractivity contribution in [1.29, 1.82) is 0 Å². The van der Waals surface area contributed by atoms with Gasteiger partial charge in [-0.15, -0.1) is 0 Å². The van der Waals surface area contributed by atoms with Gasteiger partial charge in [0.1, 0.15) is 0 Å². The zero-order valence-corrected chi connectivity index (χ0v) is 10.8. The Morgan fingerprint density at radius 3 is 2.26 bits per heavy atom. The first kappa shape index (κ1) is 10.7. The normalized spacial score (nSPS) is 11.4. The van der Waals surface area contributed by atoms with Crippen LogP contribution >= 0.6 is 11.6 Å². The Hall–Kier alpha value is -2.19. The van der Waals surface area contributed by atoms with E-state index in [1.54, 1.807) is 0 Å². The molecule has 2 aromatic heterocycles. The SMILES string of the molecule is Clc1ccc2[nH]cc(-c3c[nH]c4ccccc34)c2c1. The fourth-order valence-electron chi connectivity index (χ4n) is 2.61. The molecule has 0 aliphatic rings. The van der Waals surface area contributed by atoms with E-state index in [9.17, 15) is 0 Å². The Kier molecular flexibility index (Phi) is 2.20. The van der Waals surface area contributed by atoms with Gasteiger partial charge in [-0.05, 0) is 24.3 Å². The fraction of sp³-hybridized carbons (Fsp3) is 0. The van der Waals surface area contributed by atoms with Gasteiger partial charge in [-0.3, -0.25) is 0 Å². The summed E-state index contributed by atoms with van der Waals surface area (Å²) in [5.74, 6) is 0. The second kappa shape index (κ2) is 3.90. The number of halogens is 1. The third kappa shape index (κ3) is 1.57. The topological polar surface area (TPSA) is 31.6 Å². The number of hydrogen-bond acceptors (Lipinski definition) is 0. The van der Waals surface area contributed by atoms with E-state index in [0.29, 0.717) is 0 Å². The van der Waals surface area contributed by atoms with Crippen LogP contribution in [-0.2, 0) is 0 Å². The molecule has 2 aromatic carbocycles. The van der Waals surface area contributed by atoms with Crippen molar-refractivity contribution in [3.8, 4) is 11.1 Å². The molecule has 2 nitrogen and oxygen atoms in total. The number of benzene rings is 2. The van der Waals surface area contributed by atoms with Gasteiger partial charge in [-0.1, -0.05) is 29.8 Å². The number of hydrogen-bond donors (Lipinski definition) is 2. The summed E-state index contributed by atoms with van der Waals surface area (Å²) >= 11 is 6.11. The summed E-state index contributed by atoms with van der Waals surface area (Å²) < 4.78 is 0. The number of H-pyrrole nitrogens is 2. The van der Waals surface area contributed by atoms with Crippen molar-refractivity contribution < 1.29 is 0 Å². The minimum atomic E-state index is 0.758. The molecule has 2 heterocycles. The van der Waals surface area contributed by atoms with E-state index in [1.807, 2.05) is 36.7 Å². The summed E-state index contributed by atoms with van der Waals surface area (Å²) in [6.45, 7) is 0. The van der Waals surface area contributed by atoms with Crippen molar-refractivity contribution in [3.63, 3.8) is 0 Å². The summed E-state index contributed by atoms with van der Waals surface area (Å²) in [6.07, 6.45) is 4.09. The molecule has 0 fully saturated rings. The lowest BCUT2D eigenvalue weighted by molar-refractivity contribution is 1.46. The van der Waals surface area contributed by atoms with Crippen molar-refractivity contribution in [2.45, 2.75) is 0 Å². The Morgan fingerprint density at radius 1 is 0.737 bits per heavy atom. The largest absolute Gasteiger partial charge is 0.361 e. The van der Waals surface area contributed by atoms with E-state index >= 15 is 0 Å². The highest BCUT2D eigenvalue weighted by Crippen LogP contribution is 2.34. The van der Waals surface area contributed by atoms with Gasteiger partial charge < -0.3 is 9.97 Å². The lowest BCUT2D eigenvalue weighted by atomic mass is 10.0. The molecule has 0 saturated heterocycles. The molecule has 4 aromatic rings.